The Morgan fingerprint density at radius 3 is 3.22 bits per heavy atom. The van der Waals surface area contributed by atoms with Gasteiger partial charge in [0.1, 0.15) is 0 Å². The van der Waals surface area contributed by atoms with E-state index in [1.165, 1.54) is 5.57 Å². The molecular weight excluding hydrogens is 110 g/mol. The molecule has 1 heteroatoms. The smallest absolute Gasteiger partial charge is 0.0360 e. The van der Waals surface area contributed by atoms with Crippen LogP contribution >= 0.6 is 0 Å². The molecule has 0 aromatic rings. The Bertz CT molecular complexity index is 154. The zero-order valence-corrected chi connectivity index (χ0v) is 5.43. The van der Waals surface area contributed by atoms with Crippen LogP contribution in [-0.2, 0) is 0 Å². The van der Waals surface area contributed by atoms with Crippen LogP contribution in [0.25, 0.3) is 0 Å². The minimum absolute atomic E-state index is 0.975. The Kier molecular flexibility index (Phi) is 2.13. The van der Waals surface area contributed by atoms with Gasteiger partial charge in [0.05, 0.1) is 0 Å². The van der Waals surface area contributed by atoms with Crippen LogP contribution in [0.2, 0.25) is 0 Å². The van der Waals surface area contributed by atoms with Crippen molar-refractivity contribution in [3.8, 4) is 0 Å². The van der Waals surface area contributed by atoms with Gasteiger partial charge in [-0.2, -0.15) is 0 Å². The molecule has 1 rings (SSSR count). The quantitative estimate of drug-likeness (QED) is 0.547. The molecular formula is C8H11N. The van der Waals surface area contributed by atoms with Crippen LogP contribution in [0.3, 0.4) is 0 Å². The summed E-state index contributed by atoms with van der Waals surface area (Å²) in [6.45, 7) is 4.64. The number of hydrogen-bond donors (Lipinski definition) is 1. The molecule has 48 valence electrons. The third-order valence-electron chi connectivity index (χ3n) is 1.28. The van der Waals surface area contributed by atoms with E-state index in [-0.39, 0.29) is 0 Å². The lowest BCUT2D eigenvalue weighted by Crippen LogP contribution is -2.11. The molecule has 0 aromatic heterocycles. The van der Waals surface area contributed by atoms with Gasteiger partial charge in [0.2, 0.25) is 0 Å². The van der Waals surface area contributed by atoms with E-state index in [1.54, 1.807) is 0 Å². The summed E-state index contributed by atoms with van der Waals surface area (Å²) in [6.07, 6.45) is 9.01. The summed E-state index contributed by atoms with van der Waals surface area (Å²) in [4.78, 5) is 0. The van der Waals surface area contributed by atoms with Gasteiger partial charge in [-0.25, -0.2) is 0 Å². The number of nitrogens with one attached hydrogen (secondary N) is 1. The van der Waals surface area contributed by atoms with E-state index in [1.807, 2.05) is 18.4 Å². The zero-order chi connectivity index (χ0) is 6.53. The minimum Gasteiger partial charge on any atom is -0.387 e. The van der Waals surface area contributed by atoms with Crippen LogP contribution in [0.5, 0.6) is 0 Å². The molecule has 0 saturated heterocycles. The molecule has 0 spiro atoms. The Morgan fingerprint density at radius 2 is 2.67 bits per heavy atom. The minimum atomic E-state index is 0.975. The highest BCUT2D eigenvalue weighted by Gasteiger charge is 1.93. The molecule has 0 bridgehead atoms. The number of rotatable bonds is 2. The topological polar surface area (TPSA) is 12.0 Å². The fourth-order valence-corrected chi connectivity index (χ4v) is 0.827. The van der Waals surface area contributed by atoms with Gasteiger partial charge in [-0.15, -0.1) is 6.58 Å². The molecule has 0 aliphatic carbocycles. The first kappa shape index (κ1) is 6.14. The molecule has 0 aromatic carbocycles. The maximum absolute atomic E-state index is 3.66. The summed E-state index contributed by atoms with van der Waals surface area (Å²) >= 11 is 0. The zero-order valence-electron chi connectivity index (χ0n) is 5.43. The van der Waals surface area contributed by atoms with E-state index in [9.17, 15) is 0 Å². The molecule has 0 unspecified atom stereocenters. The third-order valence-corrected chi connectivity index (χ3v) is 1.28. The second-order valence-corrected chi connectivity index (χ2v) is 2.06. The van der Waals surface area contributed by atoms with Crippen molar-refractivity contribution in [1.82, 2.24) is 5.32 Å². The fraction of sp³-hybridized carbons (Fsp3) is 0.250. The predicted molar refractivity (Wildman–Crippen MR) is 40.0 cm³/mol. The van der Waals surface area contributed by atoms with Gasteiger partial charge in [0.15, 0.2) is 0 Å². The summed E-state index contributed by atoms with van der Waals surface area (Å²) in [5.74, 6) is 0. The highest BCUT2D eigenvalue weighted by Crippen LogP contribution is 2.03. The summed E-state index contributed by atoms with van der Waals surface area (Å²) < 4.78 is 0. The predicted octanol–water partition coefficient (Wildman–Crippen LogP) is 1.61. The lowest BCUT2D eigenvalue weighted by atomic mass is 10.1. The normalized spacial score (nSPS) is 16.2. The molecule has 1 N–H and O–H groups in total. The van der Waals surface area contributed by atoms with Crippen molar-refractivity contribution < 1.29 is 0 Å². The van der Waals surface area contributed by atoms with Crippen molar-refractivity contribution in [1.29, 1.82) is 0 Å². The van der Waals surface area contributed by atoms with Crippen LogP contribution in [0.15, 0.2) is 36.6 Å². The highest BCUT2D eigenvalue weighted by molar-refractivity contribution is 5.19. The molecule has 0 radical (unpaired) electrons. The van der Waals surface area contributed by atoms with E-state index in [2.05, 4.69) is 18.0 Å². The van der Waals surface area contributed by atoms with Crippen molar-refractivity contribution in [2.75, 3.05) is 6.54 Å². The Morgan fingerprint density at radius 1 is 1.78 bits per heavy atom. The molecule has 1 heterocycles. The molecule has 9 heavy (non-hydrogen) atoms. The summed E-state index contributed by atoms with van der Waals surface area (Å²) in [5.41, 5.74) is 1.40. The molecule has 1 aliphatic heterocycles. The lowest BCUT2D eigenvalue weighted by Gasteiger charge is -2.07. The molecule has 1 nitrogen and oxygen atoms in total. The van der Waals surface area contributed by atoms with Crippen molar-refractivity contribution in [3.05, 3.63) is 36.6 Å². The van der Waals surface area contributed by atoms with Gasteiger partial charge in [-0.3, -0.25) is 0 Å². The van der Waals surface area contributed by atoms with Gasteiger partial charge < -0.3 is 5.32 Å². The lowest BCUT2D eigenvalue weighted by molar-refractivity contribution is 0.895. The van der Waals surface area contributed by atoms with Crippen molar-refractivity contribution >= 4 is 0 Å². The average Bonchev–Trinajstić information content (AvgIpc) is 1.91. The number of dihydropyridines is 1. The monoisotopic (exact) mass is 121 g/mol. The van der Waals surface area contributed by atoms with Crippen molar-refractivity contribution in [2.24, 2.45) is 0 Å². The standard InChI is InChI=1S/C8H11N/c1-2-4-8-5-3-6-9-7-8/h2-3,5-6,9H,1,4,7H2. The van der Waals surface area contributed by atoms with E-state index in [0.29, 0.717) is 0 Å². The molecule has 0 saturated carbocycles. The SMILES string of the molecule is C=CCC1=CC=CNC1. The fourth-order valence-electron chi connectivity index (χ4n) is 0.827. The largest absolute Gasteiger partial charge is 0.387 e. The first-order valence-corrected chi connectivity index (χ1v) is 3.12. The first-order valence-electron chi connectivity index (χ1n) is 3.12. The average molecular weight is 121 g/mol. The third kappa shape index (κ3) is 1.76. The van der Waals surface area contributed by atoms with Crippen LogP contribution < -0.4 is 5.32 Å². The molecule has 0 fully saturated rings. The van der Waals surface area contributed by atoms with Crippen molar-refractivity contribution in [2.45, 2.75) is 6.42 Å². The second kappa shape index (κ2) is 3.13. The number of allylic oxidation sites excluding steroid dienone is 3. The van der Waals surface area contributed by atoms with Gasteiger partial charge in [-0.1, -0.05) is 12.2 Å². The van der Waals surface area contributed by atoms with E-state index < -0.39 is 0 Å². The summed E-state index contributed by atoms with van der Waals surface area (Å²) in [6, 6.07) is 0. The highest BCUT2D eigenvalue weighted by atomic mass is 14.8. The molecule has 0 atom stereocenters. The summed E-state index contributed by atoms with van der Waals surface area (Å²) in [7, 11) is 0. The second-order valence-electron chi connectivity index (χ2n) is 2.06. The van der Waals surface area contributed by atoms with Gasteiger partial charge >= 0.3 is 0 Å². The Balaban J connectivity index is 2.47. The summed E-state index contributed by atoms with van der Waals surface area (Å²) in [5, 5.41) is 3.12. The van der Waals surface area contributed by atoms with Crippen LogP contribution in [0.1, 0.15) is 6.42 Å². The van der Waals surface area contributed by atoms with Gasteiger partial charge in [0, 0.05) is 6.54 Å². The first-order chi connectivity index (χ1) is 4.43. The van der Waals surface area contributed by atoms with Crippen LogP contribution in [0.4, 0.5) is 0 Å². The van der Waals surface area contributed by atoms with E-state index >= 15 is 0 Å². The van der Waals surface area contributed by atoms with Crippen LogP contribution in [0, 0.1) is 0 Å². The van der Waals surface area contributed by atoms with E-state index in [0.717, 1.165) is 13.0 Å². The maximum atomic E-state index is 3.66. The van der Waals surface area contributed by atoms with Gasteiger partial charge in [-0.05, 0) is 24.3 Å². The maximum Gasteiger partial charge on any atom is 0.0360 e. The number of hydrogen-bond acceptors (Lipinski definition) is 1. The molecule has 1 aliphatic rings. The Labute approximate surface area is 55.8 Å². The van der Waals surface area contributed by atoms with Crippen LogP contribution in [-0.4, -0.2) is 6.54 Å². The molecule has 0 amide bonds. The van der Waals surface area contributed by atoms with Crippen molar-refractivity contribution in [3.63, 3.8) is 0 Å². The van der Waals surface area contributed by atoms with Gasteiger partial charge in [0.25, 0.3) is 0 Å². The Hall–Kier alpha value is -0.980. The van der Waals surface area contributed by atoms with E-state index in [4.69, 9.17) is 0 Å².